The highest BCUT2D eigenvalue weighted by Crippen LogP contribution is 2.47. The number of carbonyl (C=O) groups is 4. The SMILES string of the molecule is C[C@@]12CC=CC[C@@H]1C(=O)N(CCN1C(=O)[C@H]3CC=CC[C@]3(C)C1=O)C2=O. The second kappa shape index (κ2) is 5.63. The Morgan fingerprint density at radius 3 is 1.50 bits per heavy atom. The summed E-state index contributed by atoms with van der Waals surface area (Å²) in [4.78, 5) is 53.6. The van der Waals surface area contributed by atoms with E-state index >= 15 is 0 Å². The molecule has 4 aliphatic rings. The fourth-order valence-electron chi connectivity index (χ4n) is 4.96. The van der Waals surface area contributed by atoms with Crippen LogP contribution in [0.1, 0.15) is 39.5 Å². The molecule has 4 amide bonds. The van der Waals surface area contributed by atoms with Gasteiger partial charge in [0.15, 0.2) is 0 Å². The van der Waals surface area contributed by atoms with Crippen molar-refractivity contribution in [3.63, 3.8) is 0 Å². The average molecular weight is 356 g/mol. The van der Waals surface area contributed by atoms with Crippen molar-refractivity contribution in [2.24, 2.45) is 22.7 Å². The van der Waals surface area contributed by atoms with Crippen LogP contribution in [0.15, 0.2) is 24.3 Å². The van der Waals surface area contributed by atoms with Gasteiger partial charge in [0.25, 0.3) is 0 Å². The lowest BCUT2D eigenvalue weighted by Crippen LogP contribution is -2.43. The number of nitrogens with zero attached hydrogens (tertiary/aromatic N) is 2. The van der Waals surface area contributed by atoms with Crippen LogP contribution >= 0.6 is 0 Å². The molecule has 2 saturated heterocycles. The van der Waals surface area contributed by atoms with Gasteiger partial charge in [0.2, 0.25) is 23.6 Å². The molecule has 0 saturated carbocycles. The zero-order valence-corrected chi connectivity index (χ0v) is 15.2. The van der Waals surface area contributed by atoms with Gasteiger partial charge in [0.1, 0.15) is 0 Å². The maximum atomic E-state index is 12.8. The van der Waals surface area contributed by atoms with Crippen molar-refractivity contribution in [2.75, 3.05) is 13.1 Å². The molecule has 26 heavy (non-hydrogen) atoms. The highest BCUT2D eigenvalue weighted by molar-refractivity contribution is 6.09. The smallest absolute Gasteiger partial charge is 0.236 e. The minimum atomic E-state index is -0.686. The largest absolute Gasteiger partial charge is 0.280 e. The van der Waals surface area contributed by atoms with E-state index in [1.165, 1.54) is 9.80 Å². The zero-order chi connectivity index (χ0) is 18.7. The Morgan fingerprint density at radius 1 is 0.769 bits per heavy atom. The first kappa shape index (κ1) is 17.2. The third-order valence-electron chi connectivity index (χ3n) is 6.84. The molecule has 138 valence electrons. The summed E-state index contributed by atoms with van der Waals surface area (Å²) in [6.45, 7) is 3.87. The fourth-order valence-corrected chi connectivity index (χ4v) is 4.96. The molecule has 0 spiro atoms. The molecule has 0 bridgehead atoms. The maximum Gasteiger partial charge on any atom is 0.236 e. The van der Waals surface area contributed by atoms with Crippen molar-refractivity contribution in [2.45, 2.75) is 39.5 Å². The molecule has 0 aromatic rings. The number of rotatable bonds is 3. The summed E-state index contributed by atoms with van der Waals surface area (Å²) in [6, 6.07) is 0. The van der Waals surface area contributed by atoms with E-state index in [2.05, 4.69) is 0 Å². The predicted molar refractivity (Wildman–Crippen MR) is 93.4 cm³/mol. The number of likely N-dealkylation sites (tertiary alicyclic amines) is 2. The number of allylic oxidation sites excluding steroid dienone is 4. The summed E-state index contributed by atoms with van der Waals surface area (Å²) in [5.41, 5.74) is -1.37. The van der Waals surface area contributed by atoms with E-state index in [-0.39, 0.29) is 48.6 Å². The van der Waals surface area contributed by atoms with Gasteiger partial charge in [-0.15, -0.1) is 0 Å². The van der Waals surface area contributed by atoms with Crippen molar-refractivity contribution in [1.29, 1.82) is 0 Å². The van der Waals surface area contributed by atoms with Crippen LogP contribution in [0.5, 0.6) is 0 Å². The lowest BCUT2D eigenvalue weighted by atomic mass is 9.72. The number of hydrogen-bond acceptors (Lipinski definition) is 4. The van der Waals surface area contributed by atoms with Gasteiger partial charge < -0.3 is 0 Å². The average Bonchev–Trinajstić information content (AvgIpc) is 2.93. The van der Waals surface area contributed by atoms with Gasteiger partial charge in [-0.1, -0.05) is 24.3 Å². The molecule has 6 nitrogen and oxygen atoms in total. The monoisotopic (exact) mass is 356 g/mol. The molecule has 0 N–H and O–H groups in total. The van der Waals surface area contributed by atoms with Crippen LogP contribution in [0.2, 0.25) is 0 Å². The molecule has 0 aromatic heterocycles. The molecule has 4 atom stereocenters. The minimum Gasteiger partial charge on any atom is -0.280 e. The normalized spacial score (nSPS) is 39.0. The minimum absolute atomic E-state index is 0.0947. The van der Waals surface area contributed by atoms with Gasteiger partial charge in [-0.2, -0.15) is 0 Å². The summed E-state index contributed by atoms with van der Waals surface area (Å²) in [6.07, 6.45) is 10.1. The predicted octanol–water partition coefficient (Wildman–Crippen LogP) is 1.67. The van der Waals surface area contributed by atoms with Gasteiger partial charge >= 0.3 is 0 Å². The van der Waals surface area contributed by atoms with E-state index in [0.717, 1.165) is 0 Å². The van der Waals surface area contributed by atoms with Crippen LogP contribution in [0.25, 0.3) is 0 Å². The number of hydrogen-bond donors (Lipinski definition) is 0. The van der Waals surface area contributed by atoms with E-state index in [1.54, 1.807) is 0 Å². The quantitative estimate of drug-likeness (QED) is 0.569. The Morgan fingerprint density at radius 2 is 1.15 bits per heavy atom. The lowest BCUT2D eigenvalue weighted by molar-refractivity contribution is -0.146. The number of fused-ring (bicyclic) bond motifs is 2. The van der Waals surface area contributed by atoms with Crippen LogP contribution in [0.3, 0.4) is 0 Å². The van der Waals surface area contributed by atoms with Gasteiger partial charge in [-0.25, -0.2) is 0 Å². The maximum absolute atomic E-state index is 12.8. The van der Waals surface area contributed by atoms with E-state index < -0.39 is 10.8 Å². The summed E-state index contributed by atoms with van der Waals surface area (Å²) >= 11 is 0. The highest BCUT2D eigenvalue weighted by atomic mass is 16.2. The van der Waals surface area contributed by atoms with Crippen LogP contribution in [-0.2, 0) is 19.2 Å². The molecule has 0 unspecified atom stereocenters. The van der Waals surface area contributed by atoms with Crippen molar-refractivity contribution in [1.82, 2.24) is 9.80 Å². The van der Waals surface area contributed by atoms with Crippen molar-refractivity contribution in [3.05, 3.63) is 24.3 Å². The second-order valence-electron chi connectivity index (χ2n) is 8.35. The summed E-state index contributed by atoms with van der Waals surface area (Å²) in [7, 11) is 0. The molecule has 2 aliphatic heterocycles. The highest BCUT2D eigenvalue weighted by Gasteiger charge is 2.58. The second-order valence-corrected chi connectivity index (χ2v) is 8.35. The van der Waals surface area contributed by atoms with Crippen LogP contribution in [0, 0.1) is 22.7 Å². The molecule has 4 rings (SSSR count). The molecule has 0 aromatic carbocycles. The standard InChI is InChI=1S/C20H24N2O4/c1-19-9-5-3-7-13(19)15(23)21(17(19)25)11-12-22-16(24)14-8-4-6-10-20(14,2)18(22)26/h3-6,13-14H,7-12H2,1-2H3/t13-,14-,19-,20+/m1/s1. The topological polar surface area (TPSA) is 74.8 Å². The van der Waals surface area contributed by atoms with Crippen molar-refractivity contribution >= 4 is 23.6 Å². The van der Waals surface area contributed by atoms with E-state index in [0.29, 0.717) is 25.7 Å². The summed E-state index contributed by atoms with van der Waals surface area (Å²) < 4.78 is 0. The molecule has 2 aliphatic carbocycles. The molecular formula is C20H24N2O4. The van der Waals surface area contributed by atoms with Gasteiger partial charge in [0, 0.05) is 13.1 Å². The van der Waals surface area contributed by atoms with Crippen LogP contribution in [-0.4, -0.2) is 46.5 Å². The Balaban J connectivity index is 1.50. The zero-order valence-electron chi connectivity index (χ0n) is 15.2. The van der Waals surface area contributed by atoms with E-state index in [1.807, 2.05) is 38.2 Å². The molecule has 2 heterocycles. The third kappa shape index (κ3) is 2.10. The van der Waals surface area contributed by atoms with Crippen LogP contribution in [0.4, 0.5) is 0 Å². The number of imide groups is 2. The lowest BCUT2D eigenvalue weighted by Gasteiger charge is -2.28. The first-order valence-corrected chi connectivity index (χ1v) is 9.32. The Kier molecular flexibility index (Phi) is 3.72. The Labute approximate surface area is 152 Å². The number of carbonyl (C=O) groups excluding carboxylic acids is 4. The van der Waals surface area contributed by atoms with Crippen molar-refractivity contribution < 1.29 is 19.2 Å². The molecular weight excluding hydrogens is 332 g/mol. The van der Waals surface area contributed by atoms with Gasteiger partial charge in [0.05, 0.1) is 22.7 Å². The van der Waals surface area contributed by atoms with Crippen LogP contribution < -0.4 is 0 Å². The van der Waals surface area contributed by atoms with E-state index in [4.69, 9.17) is 0 Å². The molecule has 6 heteroatoms. The third-order valence-corrected chi connectivity index (χ3v) is 6.84. The first-order chi connectivity index (χ1) is 12.3. The molecule has 0 radical (unpaired) electrons. The summed E-state index contributed by atoms with van der Waals surface area (Å²) in [5.74, 6) is -1.36. The van der Waals surface area contributed by atoms with Crippen molar-refractivity contribution in [3.8, 4) is 0 Å². The Hall–Kier alpha value is -2.24. The Bertz CT molecular complexity index is 706. The first-order valence-electron chi connectivity index (χ1n) is 9.32. The molecule has 2 fully saturated rings. The van der Waals surface area contributed by atoms with Gasteiger partial charge in [-0.05, 0) is 39.5 Å². The summed E-state index contributed by atoms with van der Waals surface area (Å²) in [5, 5.41) is 0. The number of amides is 4. The fraction of sp³-hybridized carbons (Fsp3) is 0.600. The van der Waals surface area contributed by atoms with E-state index in [9.17, 15) is 19.2 Å². The van der Waals surface area contributed by atoms with Gasteiger partial charge in [-0.3, -0.25) is 29.0 Å².